The Morgan fingerprint density at radius 3 is 2.58 bits per heavy atom. The van der Waals surface area contributed by atoms with Gasteiger partial charge in [0.15, 0.2) is 5.78 Å². The van der Waals surface area contributed by atoms with Gasteiger partial charge < -0.3 is 4.90 Å². The summed E-state index contributed by atoms with van der Waals surface area (Å²) in [6.45, 7) is 4.46. The van der Waals surface area contributed by atoms with Crippen LogP contribution in [0.3, 0.4) is 0 Å². The summed E-state index contributed by atoms with van der Waals surface area (Å²) in [6.07, 6.45) is 2.53. The molecule has 0 radical (unpaired) electrons. The number of nitrogens with zero attached hydrogens (tertiary/aromatic N) is 1. The summed E-state index contributed by atoms with van der Waals surface area (Å²) >= 11 is 7.10. The average molecular weight is 361 g/mol. The Morgan fingerprint density at radius 1 is 1.21 bits per heavy atom. The van der Waals surface area contributed by atoms with Gasteiger partial charge in [-0.2, -0.15) is 0 Å². The summed E-state index contributed by atoms with van der Waals surface area (Å²) in [4.78, 5) is 15.8. The number of halogens is 1. The van der Waals surface area contributed by atoms with E-state index in [-0.39, 0.29) is 5.78 Å². The average Bonchev–Trinajstić information content (AvgIpc) is 2.62. The van der Waals surface area contributed by atoms with Crippen molar-refractivity contribution in [2.75, 3.05) is 18.0 Å². The summed E-state index contributed by atoms with van der Waals surface area (Å²) in [5.74, 6) is 0.710. The van der Waals surface area contributed by atoms with Gasteiger partial charge >= 0.3 is 0 Å². The molecule has 5 heteroatoms. The van der Waals surface area contributed by atoms with Crippen LogP contribution in [0.2, 0.25) is 5.02 Å². The van der Waals surface area contributed by atoms with E-state index in [1.807, 2.05) is 24.3 Å². The number of benzene rings is 2. The minimum atomic E-state index is -0.0134. The molecular weight excluding hydrogens is 340 g/mol. The van der Waals surface area contributed by atoms with Gasteiger partial charge in [0.2, 0.25) is 0 Å². The number of hydrogen-bond acceptors (Lipinski definition) is 4. The number of anilines is 1. The molecule has 0 bridgehead atoms. The Hall–Kier alpha value is -1.49. The Labute approximate surface area is 152 Å². The minimum Gasteiger partial charge on any atom is -0.371 e. The number of nitrogens with two attached hydrogens (primary N) is 1. The lowest BCUT2D eigenvalue weighted by Gasteiger charge is -2.32. The van der Waals surface area contributed by atoms with E-state index < -0.39 is 0 Å². The smallest absolute Gasteiger partial charge is 0.193 e. The van der Waals surface area contributed by atoms with Crippen molar-refractivity contribution in [1.29, 1.82) is 0 Å². The molecule has 24 heavy (non-hydrogen) atoms. The molecule has 1 atom stereocenters. The Morgan fingerprint density at radius 2 is 1.92 bits per heavy atom. The highest BCUT2D eigenvalue weighted by Crippen LogP contribution is 2.27. The van der Waals surface area contributed by atoms with Crippen molar-refractivity contribution in [3.05, 3.63) is 58.6 Å². The molecule has 1 saturated heterocycles. The van der Waals surface area contributed by atoms with Crippen LogP contribution in [0, 0.1) is 5.92 Å². The van der Waals surface area contributed by atoms with Crippen LogP contribution in [0.5, 0.6) is 0 Å². The zero-order chi connectivity index (χ0) is 17.1. The first kappa shape index (κ1) is 17.3. The molecule has 0 saturated carbocycles. The van der Waals surface area contributed by atoms with Crippen molar-refractivity contribution in [1.82, 2.24) is 0 Å². The minimum absolute atomic E-state index is 0.0134. The fraction of sp³-hybridized carbons (Fsp3) is 0.316. The highest BCUT2D eigenvalue weighted by Gasteiger charge is 2.17. The van der Waals surface area contributed by atoms with Gasteiger partial charge in [-0.3, -0.25) is 9.93 Å². The molecule has 2 N–H and O–H groups in total. The molecule has 3 nitrogen and oxygen atoms in total. The molecule has 1 aliphatic heterocycles. The molecule has 126 valence electrons. The number of carbonyl (C=O) groups is 1. The van der Waals surface area contributed by atoms with Gasteiger partial charge in [-0.05, 0) is 73.2 Å². The van der Waals surface area contributed by atoms with E-state index in [2.05, 4.69) is 11.8 Å². The second kappa shape index (κ2) is 7.60. The van der Waals surface area contributed by atoms with Crippen molar-refractivity contribution >= 4 is 35.0 Å². The van der Waals surface area contributed by atoms with Crippen LogP contribution in [-0.2, 0) is 0 Å². The van der Waals surface area contributed by atoms with Crippen molar-refractivity contribution in [2.45, 2.75) is 24.7 Å². The molecular formula is C19H21ClN2OS. The first-order chi connectivity index (χ1) is 11.6. The van der Waals surface area contributed by atoms with Gasteiger partial charge in [0.05, 0.1) is 5.02 Å². The van der Waals surface area contributed by atoms with E-state index in [1.54, 1.807) is 18.2 Å². The molecule has 3 rings (SSSR count). The van der Waals surface area contributed by atoms with Gasteiger partial charge in [-0.25, -0.2) is 0 Å². The molecule has 0 amide bonds. The molecule has 1 unspecified atom stereocenters. The van der Waals surface area contributed by atoms with Crippen LogP contribution in [0.4, 0.5) is 5.69 Å². The Kier molecular flexibility index (Phi) is 5.49. The summed E-state index contributed by atoms with van der Waals surface area (Å²) in [7, 11) is 0. The fourth-order valence-corrected chi connectivity index (χ4v) is 3.78. The number of rotatable bonds is 4. The van der Waals surface area contributed by atoms with E-state index in [4.69, 9.17) is 16.7 Å². The van der Waals surface area contributed by atoms with Crippen LogP contribution >= 0.6 is 23.5 Å². The lowest BCUT2D eigenvalue weighted by atomic mass is 9.99. The highest BCUT2D eigenvalue weighted by molar-refractivity contribution is 7.97. The Balaban J connectivity index is 1.79. The predicted molar refractivity (Wildman–Crippen MR) is 102 cm³/mol. The van der Waals surface area contributed by atoms with Gasteiger partial charge in [-0.15, -0.1) is 0 Å². The third-order valence-corrected chi connectivity index (χ3v) is 5.51. The normalized spacial score (nSPS) is 17.8. The molecule has 2 aromatic carbocycles. The zero-order valence-electron chi connectivity index (χ0n) is 13.7. The summed E-state index contributed by atoms with van der Waals surface area (Å²) in [5.41, 5.74) is 2.47. The molecule has 2 aromatic rings. The lowest BCUT2D eigenvalue weighted by molar-refractivity contribution is 0.103. The van der Waals surface area contributed by atoms with Crippen molar-refractivity contribution < 1.29 is 4.79 Å². The van der Waals surface area contributed by atoms with E-state index in [1.165, 1.54) is 18.5 Å². The van der Waals surface area contributed by atoms with Crippen molar-refractivity contribution in [3.8, 4) is 0 Å². The van der Waals surface area contributed by atoms with Crippen LogP contribution in [-0.4, -0.2) is 18.9 Å². The zero-order valence-corrected chi connectivity index (χ0v) is 15.2. The van der Waals surface area contributed by atoms with Crippen LogP contribution in [0.25, 0.3) is 0 Å². The first-order valence-electron chi connectivity index (χ1n) is 8.14. The van der Waals surface area contributed by atoms with Crippen molar-refractivity contribution in [3.63, 3.8) is 0 Å². The molecule has 1 fully saturated rings. The maximum Gasteiger partial charge on any atom is 0.193 e. The van der Waals surface area contributed by atoms with Crippen molar-refractivity contribution in [2.24, 2.45) is 11.1 Å². The first-order valence-corrected chi connectivity index (χ1v) is 9.40. The molecule has 1 aliphatic rings. The molecule has 0 spiro atoms. The maximum atomic E-state index is 12.7. The maximum absolute atomic E-state index is 12.7. The number of carbonyl (C=O) groups excluding carboxylic acids is 1. The topological polar surface area (TPSA) is 46.3 Å². The fourth-order valence-electron chi connectivity index (χ4n) is 3.15. The monoisotopic (exact) mass is 360 g/mol. The predicted octanol–water partition coefficient (Wildman–Crippen LogP) is 4.77. The van der Waals surface area contributed by atoms with Crippen LogP contribution in [0.1, 0.15) is 35.7 Å². The standard InChI is InChI=1S/C19H21ClN2OS/c1-13-3-2-10-22(12-13)16-7-4-14(5-8-16)19(23)15-6-9-17(20)18(11-15)24-21/h4-9,11,13H,2-3,10,12,21H2,1H3. The van der Waals surface area contributed by atoms with Crippen LogP contribution in [0.15, 0.2) is 47.4 Å². The van der Waals surface area contributed by atoms with Gasteiger partial charge in [0.25, 0.3) is 0 Å². The lowest BCUT2D eigenvalue weighted by Crippen LogP contribution is -2.34. The Bertz CT molecular complexity index is 733. The summed E-state index contributed by atoms with van der Waals surface area (Å²) in [5, 5.41) is 6.15. The van der Waals surface area contributed by atoms with Gasteiger partial charge in [0, 0.05) is 34.8 Å². The van der Waals surface area contributed by atoms with E-state index in [9.17, 15) is 4.79 Å². The number of ketones is 1. The largest absolute Gasteiger partial charge is 0.371 e. The van der Waals surface area contributed by atoms with E-state index in [0.717, 1.165) is 31.0 Å². The second-order valence-corrected chi connectivity index (χ2v) is 7.42. The molecule has 1 heterocycles. The highest BCUT2D eigenvalue weighted by atomic mass is 35.5. The molecule has 0 aromatic heterocycles. The summed E-state index contributed by atoms with van der Waals surface area (Å²) in [6, 6.07) is 13.1. The van der Waals surface area contributed by atoms with Gasteiger partial charge in [0.1, 0.15) is 0 Å². The third-order valence-electron chi connectivity index (χ3n) is 4.47. The number of piperidine rings is 1. The van der Waals surface area contributed by atoms with E-state index in [0.29, 0.717) is 21.0 Å². The van der Waals surface area contributed by atoms with Gasteiger partial charge in [-0.1, -0.05) is 18.5 Å². The third kappa shape index (κ3) is 3.77. The van der Waals surface area contributed by atoms with E-state index >= 15 is 0 Å². The summed E-state index contributed by atoms with van der Waals surface area (Å²) < 4.78 is 0. The van der Waals surface area contributed by atoms with Crippen LogP contribution < -0.4 is 10.0 Å². The second-order valence-electron chi connectivity index (χ2n) is 6.33. The SMILES string of the molecule is CC1CCCN(c2ccc(C(=O)c3ccc(Cl)c(SN)c3)cc2)C1. The quantitative estimate of drug-likeness (QED) is 0.630. The molecule has 0 aliphatic carbocycles. The number of hydrogen-bond donors (Lipinski definition) is 1.